The topological polar surface area (TPSA) is 60.4 Å². The van der Waals surface area contributed by atoms with Crippen LogP contribution in [-0.4, -0.2) is 24.6 Å². The fourth-order valence-corrected chi connectivity index (χ4v) is 2.75. The highest BCUT2D eigenvalue weighted by Crippen LogP contribution is 2.14. The van der Waals surface area contributed by atoms with Gasteiger partial charge in [-0.15, -0.1) is 0 Å². The van der Waals surface area contributed by atoms with Gasteiger partial charge in [-0.1, -0.05) is 52.4 Å². The predicted octanol–water partition coefficient (Wildman–Crippen LogP) is 5.02. The Hall–Kier alpha value is -1.19. The van der Waals surface area contributed by atoms with Crippen molar-refractivity contribution >= 4 is 17.5 Å². The molecule has 0 fully saturated rings. The molecule has 1 atom stereocenters. The van der Waals surface area contributed by atoms with Crippen LogP contribution in [0.3, 0.4) is 0 Å². The summed E-state index contributed by atoms with van der Waals surface area (Å²) in [5.41, 5.74) is 0. The van der Waals surface area contributed by atoms with Crippen LogP contribution in [0.1, 0.15) is 97.3 Å². The lowest BCUT2D eigenvalue weighted by Crippen LogP contribution is -2.15. The van der Waals surface area contributed by atoms with Crippen LogP contribution in [0.15, 0.2) is 0 Å². The Balaban J connectivity index is 3.57. The van der Waals surface area contributed by atoms with Gasteiger partial charge < -0.3 is 4.74 Å². The summed E-state index contributed by atoms with van der Waals surface area (Å²) in [5, 5.41) is 0. The second-order valence-corrected chi connectivity index (χ2v) is 6.76. The van der Waals surface area contributed by atoms with Gasteiger partial charge in [0.15, 0.2) is 0 Å². The maximum atomic E-state index is 12.0. The summed E-state index contributed by atoms with van der Waals surface area (Å²) in [6.07, 6.45) is 11.3. The normalized spacial score (nSPS) is 12.0. The Morgan fingerprint density at radius 1 is 0.792 bits per heavy atom. The quantitative estimate of drug-likeness (QED) is 0.292. The average Bonchev–Trinajstić information content (AvgIpc) is 2.56. The molecule has 0 aliphatic heterocycles. The lowest BCUT2D eigenvalue weighted by Gasteiger charge is -2.09. The Kier molecular flexibility index (Phi) is 14.6. The summed E-state index contributed by atoms with van der Waals surface area (Å²) in [5.74, 6) is 0.192. The molecule has 140 valence electrons. The largest absolute Gasteiger partial charge is 0.469 e. The molecule has 0 radical (unpaired) electrons. The van der Waals surface area contributed by atoms with E-state index < -0.39 is 0 Å². The Morgan fingerprint density at radius 3 is 1.92 bits per heavy atom. The smallest absolute Gasteiger partial charge is 0.305 e. The van der Waals surface area contributed by atoms with E-state index in [-0.39, 0.29) is 23.5 Å². The third-order valence-corrected chi connectivity index (χ3v) is 4.42. The van der Waals surface area contributed by atoms with Crippen molar-refractivity contribution < 1.29 is 19.1 Å². The molecule has 4 heteroatoms. The molecule has 0 aromatic heterocycles. The number of ketones is 2. The van der Waals surface area contributed by atoms with Crippen LogP contribution in [0, 0.1) is 5.92 Å². The minimum atomic E-state index is -0.140. The minimum Gasteiger partial charge on any atom is -0.469 e. The van der Waals surface area contributed by atoms with Crippen LogP contribution >= 0.6 is 0 Å². The molecule has 4 nitrogen and oxygen atoms in total. The zero-order chi connectivity index (χ0) is 18.2. The number of rotatable bonds is 16. The summed E-state index contributed by atoms with van der Waals surface area (Å²) in [6.45, 7) is 4.00. The maximum Gasteiger partial charge on any atom is 0.305 e. The van der Waals surface area contributed by atoms with Gasteiger partial charge >= 0.3 is 5.97 Å². The molecular formula is C20H36O4. The van der Waals surface area contributed by atoms with Gasteiger partial charge in [-0.25, -0.2) is 0 Å². The van der Waals surface area contributed by atoms with Gasteiger partial charge in [0.2, 0.25) is 0 Å². The molecule has 0 aliphatic rings. The summed E-state index contributed by atoms with van der Waals surface area (Å²) in [7, 11) is 1.42. The minimum absolute atomic E-state index is 0.126. The highest BCUT2D eigenvalue weighted by molar-refractivity contribution is 5.87. The van der Waals surface area contributed by atoms with E-state index in [1.807, 2.05) is 6.92 Å². The van der Waals surface area contributed by atoms with Crippen LogP contribution < -0.4 is 0 Å². The summed E-state index contributed by atoms with van der Waals surface area (Å²) < 4.78 is 4.60. The number of methoxy groups -OCH3 is 1. The van der Waals surface area contributed by atoms with Crippen molar-refractivity contribution in [1.29, 1.82) is 0 Å². The monoisotopic (exact) mass is 340 g/mol. The molecule has 0 saturated carbocycles. The first-order valence-corrected chi connectivity index (χ1v) is 9.62. The molecule has 0 rings (SSSR count). The lowest BCUT2D eigenvalue weighted by molar-refractivity contribution is -0.140. The summed E-state index contributed by atoms with van der Waals surface area (Å²) >= 11 is 0. The van der Waals surface area contributed by atoms with Crippen molar-refractivity contribution in [3.8, 4) is 0 Å². The highest BCUT2D eigenvalue weighted by Gasteiger charge is 2.16. The molecule has 1 unspecified atom stereocenters. The molecule has 0 bridgehead atoms. The van der Waals surface area contributed by atoms with E-state index in [1.165, 1.54) is 7.11 Å². The second kappa shape index (κ2) is 15.3. The first kappa shape index (κ1) is 22.8. The second-order valence-electron chi connectivity index (χ2n) is 6.76. The van der Waals surface area contributed by atoms with E-state index in [4.69, 9.17) is 0 Å². The third-order valence-electron chi connectivity index (χ3n) is 4.42. The number of carbonyl (C=O) groups is 3. The van der Waals surface area contributed by atoms with Crippen LogP contribution in [0.4, 0.5) is 0 Å². The SMILES string of the molecule is CCCCCC(=O)CC(C)C(=O)CCCCCCCCC(=O)OC. The van der Waals surface area contributed by atoms with Crippen LogP contribution in [0.5, 0.6) is 0 Å². The number of hydrogen-bond donors (Lipinski definition) is 0. The number of hydrogen-bond acceptors (Lipinski definition) is 4. The van der Waals surface area contributed by atoms with Gasteiger partial charge in [0.1, 0.15) is 11.6 Å². The van der Waals surface area contributed by atoms with Gasteiger partial charge in [-0.3, -0.25) is 14.4 Å². The van der Waals surface area contributed by atoms with Gasteiger partial charge in [-0.05, 0) is 19.3 Å². The zero-order valence-electron chi connectivity index (χ0n) is 15.9. The molecule has 0 N–H and O–H groups in total. The fourth-order valence-electron chi connectivity index (χ4n) is 2.75. The molecule has 0 saturated heterocycles. The Labute approximate surface area is 147 Å². The Morgan fingerprint density at radius 2 is 1.33 bits per heavy atom. The average molecular weight is 341 g/mol. The number of Topliss-reactive ketones (excluding diaryl/α,β-unsaturated/α-hetero) is 2. The first-order chi connectivity index (χ1) is 11.5. The van der Waals surface area contributed by atoms with Gasteiger partial charge in [0.25, 0.3) is 0 Å². The van der Waals surface area contributed by atoms with Crippen molar-refractivity contribution in [3.05, 3.63) is 0 Å². The highest BCUT2D eigenvalue weighted by atomic mass is 16.5. The van der Waals surface area contributed by atoms with Gasteiger partial charge in [-0.2, -0.15) is 0 Å². The number of unbranched alkanes of at least 4 members (excludes halogenated alkanes) is 7. The molecule has 0 amide bonds. The number of carbonyl (C=O) groups excluding carboxylic acids is 3. The van der Waals surface area contributed by atoms with E-state index in [2.05, 4.69) is 11.7 Å². The summed E-state index contributed by atoms with van der Waals surface area (Å²) in [6, 6.07) is 0. The van der Waals surface area contributed by atoms with E-state index >= 15 is 0 Å². The van der Waals surface area contributed by atoms with E-state index in [9.17, 15) is 14.4 Å². The van der Waals surface area contributed by atoms with Crippen molar-refractivity contribution in [3.63, 3.8) is 0 Å². The van der Waals surface area contributed by atoms with Gasteiger partial charge in [0.05, 0.1) is 7.11 Å². The van der Waals surface area contributed by atoms with Crippen molar-refractivity contribution in [2.45, 2.75) is 97.3 Å². The number of ether oxygens (including phenoxy) is 1. The van der Waals surface area contributed by atoms with E-state index in [0.717, 1.165) is 57.8 Å². The van der Waals surface area contributed by atoms with Crippen LogP contribution in [0.25, 0.3) is 0 Å². The zero-order valence-corrected chi connectivity index (χ0v) is 15.9. The first-order valence-electron chi connectivity index (χ1n) is 9.62. The standard InChI is InChI=1S/C20H36O4/c1-4-5-10-13-18(21)16-17(2)19(22)14-11-8-6-7-9-12-15-20(23)24-3/h17H,4-16H2,1-3H3. The molecule has 0 aromatic rings. The molecule has 0 spiro atoms. The van der Waals surface area contributed by atoms with E-state index in [1.54, 1.807) is 0 Å². The molecule has 0 aliphatic carbocycles. The van der Waals surface area contributed by atoms with Crippen molar-refractivity contribution in [1.82, 2.24) is 0 Å². The maximum absolute atomic E-state index is 12.0. The molecule has 0 heterocycles. The lowest BCUT2D eigenvalue weighted by atomic mass is 9.94. The molecule has 24 heavy (non-hydrogen) atoms. The fraction of sp³-hybridized carbons (Fsp3) is 0.850. The summed E-state index contributed by atoms with van der Waals surface area (Å²) in [4.78, 5) is 34.8. The van der Waals surface area contributed by atoms with Crippen molar-refractivity contribution in [2.24, 2.45) is 5.92 Å². The third kappa shape index (κ3) is 13.3. The van der Waals surface area contributed by atoms with Crippen LogP contribution in [-0.2, 0) is 19.1 Å². The van der Waals surface area contributed by atoms with E-state index in [0.29, 0.717) is 25.7 Å². The van der Waals surface area contributed by atoms with Crippen LogP contribution in [0.2, 0.25) is 0 Å². The Bertz CT molecular complexity index is 363. The number of esters is 1. The van der Waals surface area contributed by atoms with Gasteiger partial charge in [0, 0.05) is 31.6 Å². The molecular weight excluding hydrogens is 304 g/mol. The predicted molar refractivity (Wildman–Crippen MR) is 96.9 cm³/mol. The molecule has 0 aromatic carbocycles. The van der Waals surface area contributed by atoms with Crippen molar-refractivity contribution in [2.75, 3.05) is 7.11 Å².